The average molecular weight is 548 g/mol. The van der Waals surface area contributed by atoms with E-state index in [9.17, 15) is 18.0 Å². The molecule has 1 aliphatic rings. The standard InChI is InChI=1S/C21H22ClN9O5S/c22-14-10-13(20(30-12-23-11-15(14)30)29-7-5-26-37(35,36)9-8-29)2-4-25-19(32)16-17(27-21(33)34)28-31-6-1-3-24-18(16)31/h1,3,6,10-12,26H,2,4-5,7-9H2,(H,25,32)(H,27,28)(H,33,34). The van der Waals surface area contributed by atoms with Gasteiger partial charge in [-0.25, -0.2) is 32.4 Å². The highest BCUT2D eigenvalue weighted by Crippen LogP contribution is 2.29. The van der Waals surface area contributed by atoms with Crippen LogP contribution < -0.4 is 20.3 Å². The van der Waals surface area contributed by atoms with Gasteiger partial charge in [-0.05, 0) is 24.1 Å². The minimum atomic E-state index is -3.37. The second kappa shape index (κ2) is 9.84. The van der Waals surface area contributed by atoms with Crippen molar-refractivity contribution in [3.8, 4) is 0 Å². The zero-order valence-electron chi connectivity index (χ0n) is 19.3. The predicted octanol–water partition coefficient (Wildman–Crippen LogP) is 0.832. The minimum Gasteiger partial charge on any atom is -0.465 e. The number of rotatable bonds is 6. The van der Waals surface area contributed by atoms with E-state index >= 15 is 0 Å². The molecule has 0 unspecified atom stereocenters. The molecule has 0 atom stereocenters. The fourth-order valence-electron chi connectivity index (χ4n) is 4.27. The van der Waals surface area contributed by atoms with Crippen LogP contribution in [-0.2, 0) is 16.4 Å². The van der Waals surface area contributed by atoms with Crippen molar-refractivity contribution < 1.29 is 23.1 Å². The number of hydrogen-bond acceptors (Lipinski definition) is 8. The number of carboxylic acid groups (broad SMARTS) is 1. The van der Waals surface area contributed by atoms with Crippen LogP contribution in [0.25, 0.3) is 11.2 Å². The Morgan fingerprint density at radius 2 is 2.11 bits per heavy atom. The van der Waals surface area contributed by atoms with Gasteiger partial charge >= 0.3 is 6.09 Å². The van der Waals surface area contributed by atoms with Gasteiger partial charge in [0.1, 0.15) is 17.7 Å². The van der Waals surface area contributed by atoms with E-state index in [0.29, 0.717) is 23.5 Å². The maximum Gasteiger partial charge on any atom is 0.410 e. The van der Waals surface area contributed by atoms with Crippen molar-refractivity contribution in [1.82, 2.24) is 34.0 Å². The van der Waals surface area contributed by atoms with Crippen LogP contribution in [0.5, 0.6) is 0 Å². The molecule has 2 amide bonds. The van der Waals surface area contributed by atoms with Gasteiger partial charge in [-0.2, -0.15) is 0 Å². The van der Waals surface area contributed by atoms with E-state index in [-0.39, 0.29) is 42.4 Å². The monoisotopic (exact) mass is 547 g/mol. The van der Waals surface area contributed by atoms with Gasteiger partial charge in [-0.1, -0.05) is 11.6 Å². The van der Waals surface area contributed by atoms with Gasteiger partial charge in [0.2, 0.25) is 10.0 Å². The Balaban J connectivity index is 1.41. The van der Waals surface area contributed by atoms with Gasteiger partial charge in [0.25, 0.3) is 5.91 Å². The summed E-state index contributed by atoms with van der Waals surface area (Å²) >= 11 is 6.49. The van der Waals surface area contributed by atoms with Crippen LogP contribution >= 0.6 is 11.6 Å². The SMILES string of the molecule is O=C(O)Nc1nn2cccnc2c1C(=O)NCCc1cc(Cl)c2cncn2c1N1CCNS(=O)(=O)CC1. The first-order valence-corrected chi connectivity index (χ1v) is 13.2. The maximum atomic E-state index is 13.1. The summed E-state index contributed by atoms with van der Waals surface area (Å²) in [5, 5.41) is 18.6. The number of nitrogens with one attached hydrogen (secondary N) is 3. The Bertz CT molecular complexity index is 1620. The topological polar surface area (TPSA) is 175 Å². The first-order valence-electron chi connectivity index (χ1n) is 11.2. The van der Waals surface area contributed by atoms with Gasteiger partial charge in [0.15, 0.2) is 11.5 Å². The van der Waals surface area contributed by atoms with E-state index in [1.54, 1.807) is 30.9 Å². The van der Waals surface area contributed by atoms with E-state index in [1.807, 2.05) is 9.30 Å². The Morgan fingerprint density at radius 3 is 2.92 bits per heavy atom. The second-order valence-corrected chi connectivity index (χ2v) is 10.6. The van der Waals surface area contributed by atoms with Gasteiger partial charge < -0.3 is 15.3 Å². The molecule has 0 spiro atoms. The molecule has 37 heavy (non-hydrogen) atoms. The number of imidazole rings is 1. The molecule has 0 aliphatic carbocycles. The molecule has 1 fully saturated rings. The molecular formula is C21H22ClN9O5S. The van der Waals surface area contributed by atoms with E-state index in [2.05, 4.69) is 30.4 Å². The van der Waals surface area contributed by atoms with Crippen molar-refractivity contribution in [2.45, 2.75) is 6.42 Å². The summed E-state index contributed by atoms with van der Waals surface area (Å²) in [5.74, 6) is -0.0244. The predicted molar refractivity (Wildman–Crippen MR) is 135 cm³/mol. The number of fused-ring (bicyclic) bond motifs is 2. The number of amides is 2. The number of pyridine rings is 1. The highest BCUT2D eigenvalue weighted by Gasteiger charge is 2.25. The summed E-state index contributed by atoms with van der Waals surface area (Å²) in [4.78, 5) is 34.6. The fourth-order valence-corrected chi connectivity index (χ4v) is 5.55. The lowest BCUT2D eigenvalue weighted by molar-refractivity contribution is 0.0956. The van der Waals surface area contributed by atoms with Crippen LogP contribution in [0, 0.1) is 0 Å². The first kappa shape index (κ1) is 24.7. The number of hydrogen-bond donors (Lipinski definition) is 4. The molecule has 5 rings (SSSR count). The Kier molecular flexibility index (Phi) is 6.57. The van der Waals surface area contributed by atoms with E-state index in [0.717, 1.165) is 11.4 Å². The molecule has 4 aromatic rings. The first-order chi connectivity index (χ1) is 17.7. The van der Waals surface area contributed by atoms with Crippen molar-refractivity contribution >= 4 is 56.4 Å². The van der Waals surface area contributed by atoms with Crippen molar-refractivity contribution in [3.05, 3.63) is 53.2 Å². The number of halogens is 1. The molecule has 1 saturated heterocycles. The minimum absolute atomic E-state index is 0.00452. The second-order valence-electron chi connectivity index (χ2n) is 8.24. The van der Waals surface area contributed by atoms with Crippen molar-refractivity contribution in [2.24, 2.45) is 0 Å². The van der Waals surface area contributed by atoms with Crippen molar-refractivity contribution in [3.63, 3.8) is 0 Å². The Morgan fingerprint density at radius 1 is 1.27 bits per heavy atom. The van der Waals surface area contributed by atoms with Crippen LogP contribution in [0.1, 0.15) is 15.9 Å². The Hall–Kier alpha value is -3.95. The summed E-state index contributed by atoms with van der Waals surface area (Å²) in [7, 11) is -3.37. The molecule has 0 bridgehead atoms. The van der Waals surface area contributed by atoms with Crippen LogP contribution in [-0.4, -0.2) is 81.4 Å². The molecule has 0 aromatic carbocycles. The average Bonchev–Trinajstić information content (AvgIpc) is 3.42. The summed E-state index contributed by atoms with van der Waals surface area (Å²) in [6.45, 7) is 1.12. The van der Waals surface area contributed by atoms with Crippen molar-refractivity contribution in [1.29, 1.82) is 0 Å². The highest BCUT2D eigenvalue weighted by atomic mass is 35.5. The van der Waals surface area contributed by atoms with Crippen LogP contribution in [0.3, 0.4) is 0 Å². The van der Waals surface area contributed by atoms with Gasteiger partial charge in [0, 0.05) is 38.6 Å². The molecule has 5 heterocycles. The zero-order valence-corrected chi connectivity index (χ0v) is 20.8. The molecule has 1 aliphatic heterocycles. The third kappa shape index (κ3) is 5.00. The number of aromatic nitrogens is 5. The fraction of sp³-hybridized carbons (Fsp3) is 0.286. The molecule has 14 nitrogen and oxygen atoms in total. The van der Waals surface area contributed by atoms with E-state index in [1.165, 1.54) is 10.7 Å². The molecular weight excluding hydrogens is 526 g/mol. The number of sulfonamides is 1. The molecule has 194 valence electrons. The third-order valence-corrected chi connectivity index (χ3v) is 7.53. The van der Waals surface area contributed by atoms with Crippen molar-refractivity contribution in [2.75, 3.05) is 42.1 Å². The summed E-state index contributed by atoms with van der Waals surface area (Å²) < 4.78 is 29.8. The molecule has 0 saturated carbocycles. The largest absolute Gasteiger partial charge is 0.465 e. The van der Waals surface area contributed by atoms with E-state index < -0.39 is 22.0 Å². The van der Waals surface area contributed by atoms with Crippen LogP contribution in [0.2, 0.25) is 5.02 Å². The summed E-state index contributed by atoms with van der Waals surface area (Å²) in [5.41, 5.74) is 1.64. The van der Waals surface area contributed by atoms with Crippen LogP contribution in [0.15, 0.2) is 37.1 Å². The molecule has 16 heteroatoms. The zero-order chi connectivity index (χ0) is 26.2. The number of anilines is 2. The number of carbonyl (C=O) groups is 2. The lowest BCUT2D eigenvalue weighted by atomic mass is 10.1. The quantitative estimate of drug-likeness (QED) is 0.272. The number of nitrogens with zero attached hydrogens (tertiary/aromatic N) is 6. The highest BCUT2D eigenvalue weighted by molar-refractivity contribution is 7.89. The lowest BCUT2D eigenvalue weighted by Gasteiger charge is -2.26. The molecule has 4 aromatic heterocycles. The van der Waals surface area contributed by atoms with Crippen LogP contribution in [0.4, 0.5) is 16.4 Å². The van der Waals surface area contributed by atoms with Gasteiger partial charge in [0.05, 0.1) is 22.5 Å². The lowest BCUT2D eigenvalue weighted by Crippen LogP contribution is -2.32. The third-order valence-electron chi connectivity index (χ3n) is 5.86. The summed E-state index contributed by atoms with van der Waals surface area (Å²) in [6.07, 6.45) is 5.25. The molecule has 4 N–H and O–H groups in total. The van der Waals surface area contributed by atoms with E-state index in [4.69, 9.17) is 16.7 Å². The Labute approximate surface area is 215 Å². The smallest absolute Gasteiger partial charge is 0.410 e. The molecule has 0 radical (unpaired) electrons. The number of carbonyl (C=O) groups excluding carboxylic acids is 1. The van der Waals surface area contributed by atoms with Gasteiger partial charge in [-0.3, -0.25) is 14.5 Å². The van der Waals surface area contributed by atoms with Gasteiger partial charge in [-0.15, -0.1) is 5.10 Å². The normalized spacial score (nSPS) is 15.5. The summed E-state index contributed by atoms with van der Waals surface area (Å²) in [6, 6.07) is 3.38. The maximum absolute atomic E-state index is 13.1.